The minimum absolute atomic E-state index is 0.144. The molecule has 118 valence electrons. The highest BCUT2D eigenvalue weighted by molar-refractivity contribution is 5.85. The van der Waals surface area contributed by atoms with Crippen molar-refractivity contribution in [1.82, 2.24) is 0 Å². The average Bonchev–Trinajstić information content (AvgIpc) is 2.43. The van der Waals surface area contributed by atoms with Gasteiger partial charge in [0.25, 0.3) is 0 Å². The van der Waals surface area contributed by atoms with Crippen molar-refractivity contribution in [3.8, 4) is 0 Å². The molecule has 0 heterocycles. The summed E-state index contributed by atoms with van der Waals surface area (Å²) in [4.78, 5) is 23.5. The molecule has 1 unspecified atom stereocenters. The molecule has 0 saturated heterocycles. The Morgan fingerprint density at radius 2 is 1.50 bits per heavy atom. The van der Waals surface area contributed by atoms with Gasteiger partial charge in [-0.15, -0.1) is 0 Å². The number of hydrogen-bond acceptors (Lipinski definition) is 3. The van der Waals surface area contributed by atoms with Gasteiger partial charge in [0.2, 0.25) is 0 Å². The maximum absolute atomic E-state index is 12.0. The summed E-state index contributed by atoms with van der Waals surface area (Å²) in [5, 5.41) is 0. The predicted molar refractivity (Wildman–Crippen MR) is 82.6 cm³/mol. The third-order valence-corrected chi connectivity index (χ3v) is 3.69. The first-order chi connectivity index (χ1) is 9.65. The molecular formula is C17H32O3. The Morgan fingerprint density at radius 3 is 2.05 bits per heavy atom. The van der Waals surface area contributed by atoms with Crippen LogP contribution >= 0.6 is 0 Å². The number of rotatable bonds is 13. The molecule has 0 aromatic heterocycles. The predicted octanol–water partition coefficient (Wildman–Crippen LogP) is 4.68. The number of carbonyl (C=O) groups is 2. The summed E-state index contributed by atoms with van der Waals surface area (Å²) in [6.45, 7) is 6.36. The van der Waals surface area contributed by atoms with Crippen LogP contribution in [0.15, 0.2) is 0 Å². The number of carbonyl (C=O) groups excluding carboxylic acids is 2. The average molecular weight is 284 g/mol. The second-order valence-corrected chi connectivity index (χ2v) is 5.45. The van der Waals surface area contributed by atoms with E-state index in [2.05, 4.69) is 6.92 Å². The molecule has 0 bridgehead atoms. The summed E-state index contributed by atoms with van der Waals surface area (Å²) in [6, 6.07) is 0. The molecule has 3 nitrogen and oxygen atoms in total. The summed E-state index contributed by atoms with van der Waals surface area (Å²) in [7, 11) is 0. The van der Waals surface area contributed by atoms with Crippen molar-refractivity contribution in [3.63, 3.8) is 0 Å². The molecule has 1 atom stereocenters. The van der Waals surface area contributed by atoms with Gasteiger partial charge in [-0.25, -0.2) is 0 Å². The van der Waals surface area contributed by atoms with E-state index in [0.29, 0.717) is 13.0 Å². The minimum Gasteiger partial charge on any atom is -0.466 e. The first-order valence-electron chi connectivity index (χ1n) is 8.33. The fraction of sp³-hybridized carbons (Fsp3) is 0.882. The normalized spacial score (nSPS) is 12.2. The monoisotopic (exact) mass is 284 g/mol. The van der Waals surface area contributed by atoms with Gasteiger partial charge < -0.3 is 4.74 Å². The van der Waals surface area contributed by atoms with Crippen molar-refractivity contribution in [3.05, 3.63) is 0 Å². The molecule has 0 radical (unpaired) electrons. The fourth-order valence-electron chi connectivity index (χ4n) is 2.37. The molecule has 0 aliphatic rings. The van der Waals surface area contributed by atoms with E-state index in [1.165, 1.54) is 32.1 Å². The second-order valence-electron chi connectivity index (χ2n) is 5.45. The molecule has 0 saturated carbocycles. The lowest BCUT2D eigenvalue weighted by Gasteiger charge is -2.12. The van der Waals surface area contributed by atoms with Gasteiger partial charge in [0, 0.05) is 12.3 Å². The van der Waals surface area contributed by atoms with Crippen molar-refractivity contribution >= 4 is 11.8 Å². The molecule has 0 amide bonds. The highest BCUT2D eigenvalue weighted by atomic mass is 16.5. The van der Waals surface area contributed by atoms with Gasteiger partial charge in [-0.3, -0.25) is 9.59 Å². The number of ether oxygens (including phenoxy) is 1. The van der Waals surface area contributed by atoms with Crippen LogP contribution in [0.1, 0.15) is 85.0 Å². The molecule has 0 N–H and O–H groups in total. The van der Waals surface area contributed by atoms with Gasteiger partial charge in [0.15, 0.2) is 0 Å². The number of ketones is 1. The fourth-order valence-corrected chi connectivity index (χ4v) is 2.37. The summed E-state index contributed by atoms with van der Waals surface area (Å²) in [5.74, 6) is -0.157. The van der Waals surface area contributed by atoms with E-state index in [-0.39, 0.29) is 24.1 Å². The maximum atomic E-state index is 12.0. The van der Waals surface area contributed by atoms with Crippen LogP contribution in [0.2, 0.25) is 0 Å². The first kappa shape index (κ1) is 19.1. The van der Waals surface area contributed by atoms with E-state index in [1.54, 1.807) is 6.92 Å². The highest BCUT2D eigenvalue weighted by Gasteiger charge is 2.20. The summed E-state index contributed by atoms with van der Waals surface area (Å²) in [5.41, 5.74) is 0. The molecule has 0 aliphatic heterocycles. The molecule has 3 heteroatoms. The van der Waals surface area contributed by atoms with Crippen LogP contribution in [-0.2, 0) is 14.3 Å². The molecule has 0 aromatic rings. The molecule has 0 fully saturated rings. The Bertz CT molecular complexity index is 261. The highest BCUT2D eigenvalue weighted by Crippen LogP contribution is 2.16. The van der Waals surface area contributed by atoms with E-state index in [4.69, 9.17) is 4.74 Å². The lowest BCUT2D eigenvalue weighted by Crippen LogP contribution is -2.19. The zero-order valence-electron chi connectivity index (χ0n) is 13.6. The summed E-state index contributed by atoms with van der Waals surface area (Å²) in [6.07, 6.45) is 10.1. The van der Waals surface area contributed by atoms with Crippen LogP contribution in [0, 0.1) is 5.92 Å². The Balaban J connectivity index is 3.73. The van der Waals surface area contributed by atoms with Gasteiger partial charge in [-0.1, -0.05) is 52.4 Å². The van der Waals surface area contributed by atoms with Crippen molar-refractivity contribution in [1.29, 1.82) is 0 Å². The van der Waals surface area contributed by atoms with E-state index < -0.39 is 0 Å². The third-order valence-electron chi connectivity index (χ3n) is 3.69. The van der Waals surface area contributed by atoms with Crippen molar-refractivity contribution in [2.75, 3.05) is 6.61 Å². The largest absolute Gasteiger partial charge is 0.466 e. The van der Waals surface area contributed by atoms with Crippen LogP contribution < -0.4 is 0 Å². The SMILES string of the molecule is CCCCCCCCCC(=O)C(CC)CC(=O)OCC. The van der Waals surface area contributed by atoms with Crippen LogP contribution in [-0.4, -0.2) is 18.4 Å². The maximum Gasteiger partial charge on any atom is 0.306 e. The van der Waals surface area contributed by atoms with E-state index in [9.17, 15) is 9.59 Å². The smallest absolute Gasteiger partial charge is 0.306 e. The van der Waals surface area contributed by atoms with Crippen LogP contribution in [0.25, 0.3) is 0 Å². The van der Waals surface area contributed by atoms with E-state index in [0.717, 1.165) is 19.3 Å². The zero-order chi connectivity index (χ0) is 15.2. The standard InChI is InChI=1S/C17H32O3/c1-4-7-8-9-10-11-12-13-16(18)15(5-2)14-17(19)20-6-3/h15H,4-14H2,1-3H3. The van der Waals surface area contributed by atoms with E-state index in [1.807, 2.05) is 6.92 Å². The Hall–Kier alpha value is -0.860. The number of esters is 1. The van der Waals surface area contributed by atoms with Gasteiger partial charge in [-0.2, -0.15) is 0 Å². The number of Topliss-reactive ketones (excluding diaryl/α,β-unsaturated/α-hetero) is 1. The van der Waals surface area contributed by atoms with Crippen molar-refractivity contribution < 1.29 is 14.3 Å². The van der Waals surface area contributed by atoms with Crippen LogP contribution in [0.3, 0.4) is 0 Å². The summed E-state index contributed by atoms with van der Waals surface area (Å²) >= 11 is 0. The zero-order valence-corrected chi connectivity index (χ0v) is 13.6. The van der Waals surface area contributed by atoms with Gasteiger partial charge in [-0.05, 0) is 19.8 Å². The first-order valence-corrected chi connectivity index (χ1v) is 8.33. The van der Waals surface area contributed by atoms with Gasteiger partial charge >= 0.3 is 5.97 Å². The molecule has 20 heavy (non-hydrogen) atoms. The number of hydrogen-bond donors (Lipinski definition) is 0. The molecule has 0 aliphatic carbocycles. The van der Waals surface area contributed by atoms with E-state index >= 15 is 0 Å². The van der Waals surface area contributed by atoms with Crippen molar-refractivity contribution in [2.45, 2.75) is 85.0 Å². The van der Waals surface area contributed by atoms with Gasteiger partial charge in [0.05, 0.1) is 13.0 Å². The number of unbranched alkanes of at least 4 members (excludes halogenated alkanes) is 6. The molecule has 0 spiro atoms. The molecule has 0 rings (SSSR count). The lowest BCUT2D eigenvalue weighted by molar-refractivity contribution is -0.146. The Labute approximate surface area is 124 Å². The minimum atomic E-state index is -0.243. The molecule has 0 aromatic carbocycles. The molecular weight excluding hydrogens is 252 g/mol. The van der Waals surface area contributed by atoms with Crippen molar-refractivity contribution in [2.24, 2.45) is 5.92 Å². The third kappa shape index (κ3) is 9.99. The lowest BCUT2D eigenvalue weighted by atomic mass is 9.93. The van der Waals surface area contributed by atoms with Crippen LogP contribution in [0.5, 0.6) is 0 Å². The van der Waals surface area contributed by atoms with Crippen LogP contribution in [0.4, 0.5) is 0 Å². The summed E-state index contributed by atoms with van der Waals surface area (Å²) < 4.78 is 4.91. The Morgan fingerprint density at radius 1 is 0.900 bits per heavy atom. The topological polar surface area (TPSA) is 43.4 Å². The second kappa shape index (κ2) is 13.1. The van der Waals surface area contributed by atoms with Gasteiger partial charge in [0.1, 0.15) is 5.78 Å². The quantitative estimate of drug-likeness (QED) is 0.364. The Kier molecular flexibility index (Phi) is 12.6.